The van der Waals surface area contributed by atoms with Gasteiger partial charge in [-0.1, -0.05) is 43.3 Å². The molecule has 1 heterocycles. The molecule has 0 aliphatic heterocycles. The van der Waals surface area contributed by atoms with E-state index in [1.54, 1.807) is 10.9 Å². The van der Waals surface area contributed by atoms with Crippen molar-refractivity contribution in [3.8, 4) is 0 Å². The summed E-state index contributed by atoms with van der Waals surface area (Å²) in [6.45, 7) is 5.66. The Bertz CT molecular complexity index is 620. The van der Waals surface area contributed by atoms with E-state index in [2.05, 4.69) is 29.5 Å². The van der Waals surface area contributed by atoms with Crippen molar-refractivity contribution < 1.29 is 9.90 Å². The molecule has 124 valence electrons. The normalized spacial score (nSPS) is 11.0. The first kappa shape index (κ1) is 17.1. The second-order valence-corrected chi connectivity index (χ2v) is 6.03. The van der Waals surface area contributed by atoms with Gasteiger partial charge in [0, 0.05) is 13.1 Å². The largest absolute Gasteiger partial charge is 0.392 e. The average molecular weight is 316 g/mol. The molecular weight excluding hydrogens is 292 g/mol. The van der Waals surface area contributed by atoms with Crippen LogP contribution in [0.3, 0.4) is 0 Å². The molecule has 0 aliphatic rings. The Hall–Kier alpha value is -2.21. The summed E-state index contributed by atoms with van der Waals surface area (Å²) >= 11 is 0. The molecule has 2 N–H and O–H groups in total. The van der Waals surface area contributed by atoms with E-state index in [0.29, 0.717) is 18.2 Å². The summed E-state index contributed by atoms with van der Waals surface area (Å²) in [5, 5.41) is 19.7. The number of aryl methyl sites for hydroxylation is 1. The van der Waals surface area contributed by atoms with Crippen molar-refractivity contribution in [1.29, 1.82) is 0 Å². The third kappa shape index (κ3) is 5.49. The minimum Gasteiger partial charge on any atom is -0.392 e. The molecule has 0 aliphatic carbocycles. The molecule has 0 fully saturated rings. The molecule has 0 saturated carbocycles. The van der Waals surface area contributed by atoms with E-state index in [1.807, 2.05) is 24.3 Å². The Kier molecular flexibility index (Phi) is 6.29. The van der Waals surface area contributed by atoms with Gasteiger partial charge in [-0.2, -0.15) is 0 Å². The van der Waals surface area contributed by atoms with Gasteiger partial charge in [0.05, 0.1) is 12.8 Å². The molecule has 0 bridgehead atoms. The van der Waals surface area contributed by atoms with E-state index in [4.69, 9.17) is 5.11 Å². The van der Waals surface area contributed by atoms with Crippen LogP contribution in [0.15, 0.2) is 30.5 Å². The van der Waals surface area contributed by atoms with Gasteiger partial charge in [-0.3, -0.25) is 9.48 Å². The molecule has 6 nitrogen and oxygen atoms in total. The second-order valence-electron chi connectivity index (χ2n) is 6.03. The lowest BCUT2D eigenvalue weighted by Crippen LogP contribution is -2.26. The fraction of sp³-hybridized carbons (Fsp3) is 0.471. The van der Waals surface area contributed by atoms with Crippen LogP contribution >= 0.6 is 0 Å². The van der Waals surface area contributed by atoms with Crippen molar-refractivity contribution in [2.75, 3.05) is 6.54 Å². The molecule has 2 rings (SSSR count). The molecule has 1 aromatic carbocycles. The van der Waals surface area contributed by atoms with Crippen LogP contribution < -0.4 is 5.32 Å². The summed E-state index contributed by atoms with van der Waals surface area (Å²) in [6.07, 6.45) is 3.43. The number of benzene rings is 1. The topological polar surface area (TPSA) is 80.0 Å². The maximum absolute atomic E-state index is 12.0. The quantitative estimate of drug-likeness (QED) is 0.778. The van der Waals surface area contributed by atoms with Crippen LogP contribution in [0.25, 0.3) is 0 Å². The maximum atomic E-state index is 12.0. The van der Waals surface area contributed by atoms with Crippen LogP contribution in [0.5, 0.6) is 0 Å². The summed E-state index contributed by atoms with van der Waals surface area (Å²) in [4.78, 5) is 12.0. The van der Waals surface area contributed by atoms with Gasteiger partial charge in [-0.15, -0.1) is 5.10 Å². The zero-order chi connectivity index (χ0) is 16.7. The Morgan fingerprint density at radius 2 is 1.96 bits per heavy atom. The first-order chi connectivity index (χ1) is 11.1. The Balaban J connectivity index is 1.77. The van der Waals surface area contributed by atoms with Gasteiger partial charge in [0.2, 0.25) is 0 Å². The van der Waals surface area contributed by atoms with E-state index in [-0.39, 0.29) is 12.5 Å². The average Bonchev–Trinajstić information content (AvgIpc) is 3.02. The molecular formula is C17H24N4O2. The molecule has 6 heteroatoms. The molecule has 0 atom stereocenters. The zero-order valence-corrected chi connectivity index (χ0v) is 13.7. The number of amides is 1. The predicted octanol–water partition coefficient (Wildman–Crippen LogP) is 1.79. The number of carbonyl (C=O) groups excluding carboxylic acids is 1. The maximum Gasteiger partial charge on any atom is 0.273 e. The van der Waals surface area contributed by atoms with Gasteiger partial charge < -0.3 is 10.4 Å². The van der Waals surface area contributed by atoms with Gasteiger partial charge in [-0.05, 0) is 29.9 Å². The highest BCUT2D eigenvalue weighted by Crippen LogP contribution is 2.05. The number of nitrogens with one attached hydrogen (secondary N) is 1. The molecule has 1 amide bonds. The summed E-state index contributed by atoms with van der Waals surface area (Å²) < 4.78 is 1.71. The van der Waals surface area contributed by atoms with Crippen molar-refractivity contribution in [2.45, 2.75) is 39.8 Å². The van der Waals surface area contributed by atoms with Gasteiger partial charge >= 0.3 is 0 Å². The minimum atomic E-state index is -0.201. The lowest BCUT2D eigenvalue weighted by Gasteiger charge is -2.04. The Morgan fingerprint density at radius 3 is 2.61 bits per heavy atom. The Morgan fingerprint density at radius 1 is 1.26 bits per heavy atom. The van der Waals surface area contributed by atoms with E-state index in [1.165, 1.54) is 0 Å². The lowest BCUT2D eigenvalue weighted by atomic mass is 10.1. The first-order valence-electron chi connectivity index (χ1n) is 7.95. The minimum absolute atomic E-state index is 0.0451. The zero-order valence-electron chi connectivity index (χ0n) is 13.7. The number of aliphatic hydroxyl groups is 1. The van der Waals surface area contributed by atoms with Crippen LogP contribution in [0.2, 0.25) is 0 Å². The standard InChI is InChI=1S/C17H24N4O2/c1-13(2)8-10-21-11-16(19-20-21)17(23)18-9-7-14-3-5-15(12-22)6-4-14/h3-6,11,13,22H,7-10,12H2,1-2H3,(H,18,23). The van der Waals surface area contributed by atoms with Crippen molar-refractivity contribution in [3.05, 3.63) is 47.3 Å². The fourth-order valence-corrected chi connectivity index (χ4v) is 2.12. The second kappa shape index (κ2) is 8.43. The number of carbonyl (C=O) groups is 1. The SMILES string of the molecule is CC(C)CCn1cc(C(=O)NCCc2ccc(CO)cc2)nn1. The summed E-state index contributed by atoms with van der Waals surface area (Å²) in [5.41, 5.74) is 2.35. The number of aliphatic hydroxyl groups excluding tert-OH is 1. The number of rotatable bonds is 8. The molecule has 1 aromatic heterocycles. The van der Waals surface area contributed by atoms with Crippen LogP contribution in [-0.2, 0) is 19.6 Å². The number of nitrogens with zero attached hydrogens (tertiary/aromatic N) is 3. The van der Waals surface area contributed by atoms with Gasteiger partial charge in [0.25, 0.3) is 5.91 Å². The van der Waals surface area contributed by atoms with Gasteiger partial charge in [0.1, 0.15) is 0 Å². The van der Waals surface area contributed by atoms with Crippen molar-refractivity contribution >= 4 is 5.91 Å². The summed E-state index contributed by atoms with van der Waals surface area (Å²) in [5.74, 6) is 0.390. The molecule has 23 heavy (non-hydrogen) atoms. The third-order valence-corrected chi connectivity index (χ3v) is 3.61. The van der Waals surface area contributed by atoms with Crippen molar-refractivity contribution in [1.82, 2.24) is 20.3 Å². The predicted molar refractivity (Wildman–Crippen MR) is 87.9 cm³/mol. The highest BCUT2D eigenvalue weighted by Gasteiger charge is 2.10. The smallest absolute Gasteiger partial charge is 0.273 e. The van der Waals surface area contributed by atoms with Crippen LogP contribution in [0, 0.1) is 5.92 Å². The fourth-order valence-electron chi connectivity index (χ4n) is 2.12. The molecule has 0 unspecified atom stereocenters. The van der Waals surface area contributed by atoms with E-state index in [0.717, 1.165) is 30.5 Å². The monoisotopic (exact) mass is 316 g/mol. The molecule has 0 spiro atoms. The van der Waals surface area contributed by atoms with E-state index in [9.17, 15) is 4.79 Å². The highest BCUT2D eigenvalue weighted by molar-refractivity contribution is 5.91. The third-order valence-electron chi connectivity index (χ3n) is 3.61. The van der Waals surface area contributed by atoms with Crippen molar-refractivity contribution in [2.24, 2.45) is 5.92 Å². The van der Waals surface area contributed by atoms with Crippen LogP contribution in [-0.4, -0.2) is 32.6 Å². The number of hydrogen-bond acceptors (Lipinski definition) is 4. The van der Waals surface area contributed by atoms with Crippen LogP contribution in [0.1, 0.15) is 41.9 Å². The lowest BCUT2D eigenvalue weighted by molar-refractivity contribution is 0.0949. The number of hydrogen-bond donors (Lipinski definition) is 2. The van der Waals surface area contributed by atoms with Gasteiger partial charge in [0.15, 0.2) is 5.69 Å². The summed E-state index contributed by atoms with van der Waals surface area (Å²) in [6, 6.07) is 7.69. The number of aromatic nitrogens is 3. The molecule has 0 radical (unpaired) electrons. The Labute approximate surface area is 136 Å². The molecule has 2 aromatic rings. The van der Waals surface area contributed by atoms with E-state index >= 15 is 0 Å². The molecule has 0 saturated heterocycles. The van der Waals surface area contributed by atoms with Gasteiger partial charge in [-0.25, -0.2) is 0 Å². The summed E-state index contributed by atoms with van der Waals surface area (Å²) in [7, 11) is 0. The van der Waals surface area contributed by atoms with Crippen molar-refractivity contribution in [3.63, 3.8) is 0 Å². The van der Waals surface area contributed by atoms with E-state index < -0.39 is 0 Å². The van der Waals surface area contributed by atoms with Crippen LogP contribution in [0.4, 0.5) is 0 Å². The first-order valence-corrected chi connectivity index (χ1v) is 7.95. The highest BCUT2D eigenvalue weighted by atomic mass is 16.3.